The van der Waals surface area contributed by atoms with Gasteiger partial charge in [0.25, 0.3) is 10.0 Å². The molecule has 96 valence electrons. The lowest BCUT2D eigenvalue weighted by atomic mass is 10.3. The smallest absolute Gasteiger partial charge is 0.252 e. The zero-order valence-corrected chi connectivity index (χ0v) is 13.1. The number of likely N-dealkylation sites (N-methyl/N-ethyl adjacent to an activating group) is 1. The Morgan fingerprint density at radius 3 is 2.82 bits per heavy atom. The highest BCUT2D eigenvalue weighted by Crippen LogP contribution is 2.36. The van der Waals surface area contributed by atoms with Gasteiger partial charge in [0.15, 0.2) is 0 Å². The lowest BCUT2D eigenvalue weighted by molar-refractivity contribution is 0.389. The van der Waals surface area contributed by atoms with E-state index in [1.54, 1.807) is 7.05 Å². The summed E-state index contributed by atoms with van der Waals surface area (Å²) in [7, 11) is -1.81. The Morgan fingerprint density at radius 1 is 1.65 bits per heavy atom. The van der Waals surface area contributed by atoms with Crippen LogP contribution in [0.4, 0.5) is 0 Å². The van der Waals surface area contributed by atoms with Crippen molar-refractivity contribution >= 4 is 48.9 Å². The van der Waals surface area contributed by atoms with Crippen LogP contribution in [0.5, 0.6) is 0 Å². The van der Waals surface area contributed by atoms with Gasteiger partial charge in [0.1, 0.15) is 4.21 Å². The Labute approximate surface area is 118 Å². The molecule has 2 rings (SSSR count). The number of rotatable bonds is 3. The number of nitrogens with one attached hydrogen (secondary N) is 1. The molecule has 1 atom stereocenters. The lowest BCUT2D eigenvalue weighted by Gasteiger charge is -2.22. The molecule has 0 bridgehead atoms. The number of thiophene rings is 1. The maximum atomic E-state index is 12.3. The molecule has 1 aromatic rings. The summed E-state index contributed by atoms with van der Waals surface area (Å²) in [4.78, 5) is 0. The van der Waals surface area contributed by atoms with Gasteiger partial charge < -0.3 is 5.32 Å². The van der Waals surface area contributed by atoms with Crippen molar-refractivity contribution in [3.05, 3.63) is 14.9 Å². The van der Waals surface area contributed by atoms with Gasteiger partial charge in [-0.05, 0) is 35.0 Å². The molecule has 17 heavy (non-hydrogen) atoms. The van der Waals surface area contributed by atoms with E-state index in [0.717, 1.165) is 24.3 Å². The van der Waals surface area contributed by atoms with E-state index in [-0.39, 0.29) is 10.3 Å². The fourth-order valence-corrected chi connectivity index (χ4v) is 5.71. The third-order valence-corrected chi connectivity index (χ3v) is 7.64. The van der Waals surface area contributed by atoms with Crippen LogP contribution in [0.1, 0.15) is 6.42 Å². The molecule has 1 unspecified atom stereocenters. The van der Waals surface area contributed by atoms with Gasteiger partial charge in [0, 0.05) is 19.6 Å². The average molecular weight is 360 g/mol. The van der Waals surface area contributed by atoms with Crippen molar-refractivity contribution in [2.75, 3.05) is 20.1 Å². The second-order valence-electron chi connectivity index (χ2n) is 3.85. The minimum Gasteiger partial charge on any atom is -0.315 e. The standard InChI is InChI=1S/C9H12BrClN2O2S2/c1-13(6-2-3-12-5-6)17(14,15)8-4-7(11)9(10)16-8/h4,6,12H,2-3,5H2,1H3. The zero-order chi connectivity index (χ0) is 12.6. The van der Waals surface area contributed by atoms with Crippen molar-refractivity contribution in [2.45, 2.75) is 16.7 Å². The summed E-state index contributed by atoms with van der Waals surface area (Å²) in [6, 6.07) is 1.52. The minimum atomic E-state index is -3.43. The van der Waals surface area contributed by atoms with Gasteiger partial charge in [-0.3, -0.25) is 0 Å². The van der Waals surface area contributed by atoms with Crippen LogP contribution in [-0.2, 0) is 10.0 Å². The van der Waals surface area contributed by atoms with Gasteiger partial charge in [0.05, 0.1) is 8.81 Å². The first-order valence-corrected chi connectivity index (χ1v) is 8.49. The number of nitrogens with zero attached hydrogens (tertiary/aromatic N) is 1. The number of hydrogen-bond acceptors (Lipinski definition) is 4. The Kier molecular flexibility index (Phi) is 4.16. The summed E-state index contributed by atoms with van der Waals surface area (Å²) in [6.45, 7) is 1.56. The van der Waals surface area contributed by atoms with E-state index < -0.39 is 10.0 Å². The van der Waals surface area contributed by atoms with Gasteiger partial charge in [0.2, 0.25) is 0 Å². The quantitative estimate of drug-likeness (QED) is 0.899. The highest BCUT2D eigenvalue weighted by molar-refractivity contribution is 9.11. The summed E-state index contributed by atoms with van der Waals surface area (Å²) < 4.78 is 27.0. The molecule has 1 aliphatic heterocycles. The highest BCUT2D eigenvalue weighted by Gasteiger charge is 2.31. The number of sulfonamides is 1. The molecule has 2 heterocycles. The van der Waals surface area contributed by atoms with Gasteiger partial charge in [-0.1, -0.05) is 11.6 Å². The summed E-state index contributed by atoms with van der Waals surface area (Å²) >= 11 is 10.2. The van der Waals surface area contributed by atoms with Crippen molar-refractivity contribution in [3.8, 4) is 0 Å². The predicted octanol–water partition coefficient (Wildman–Crippen LogP) is 2.15. The topological polar surface area (TPSA) is 49.4 Å². The zero-order valence-electron chi connectivity index (χ0n) is 9.11. The fraction of sp³-hybridized carbons (Fsp3) is 0.556. The number of hydrogen-bond donors (Lipinski definition) is 1. The first-order valence-electron chi connectivity index (χ1n) is 5.06. The fourth-order valence-electron chi connectivity index (χ4n) is 1.74. The lowest BCUT2D eigenvalue weighted by Crippen LogP contribution is -2.37. The van der Waals surface area contributed by atoms with E-state index in [9.17, 15) is 8.42 Å². The molecule has 8 heteroatoms. The summed E-state index contributed by atoms with van der Waals surface area (Å²) in [5.41, 5.74) is 0. The third-order valence-electron chi connectivity index (χ3n) is 2.80. The molecule has 1 aliphatic rings. The Bertz CT molecular complexity index is 492. The number of halogens is 2. The molecule has 0 radical (unpaired) electrons. The van der Waals surface area contributed by atoms with E-state index in [2.05, 4.69) is 21.2 Å². The first kappa shape index (κ1) is 13.8. The molecule has 1 fully saturated rings. The van der Waals surface area contributed by atoms with Crippen LogP contribution in [-0.4, -0.2) is 38.9 Å². The van der Waals surface area contributed by atoms with Crippen LogP contribution in [0, 0.1) is 0 Å². The van der Waals surface area contributed by atoms with Gasteiger partial charge >= 0.3 is 0 Å². The Morgan fingerprint density at radius 2 is 2.35 bits per heavy atom. The van der Waals surface area contributed by atoms with Crippen molar-refractivity contribution in [3.63, 3.8) is 0 Å². The molecular weight excluding hydrogens is 348 g/mol. The van der Waals surface area contributed by atoms with Crippen molar-refractivity contribution in [2.24, 2.45) is 0 Å². The van der Waals surface area contributed by atoms with Gasteiger partial charge in [-0.25, -0.2) is 8.42 Å². The van der Waals surface area contributed by atoms with Crippen LogP contribution in [0.3, 0.4) is 0 Å². The predicted molar refractivity (Wildman–Crippen MR) is 73.3 cm³/mol. The van der Waals surface area contributed by atoms with E-state index in [1.807, 2.05) is 0 Å². The molecule has 1 saturated heterocycles. The largest absolute Gasteiger partial charge is 0.315 e. The molecule has 1 aromatic heterocycles. The second kappa shape index (κ2) is 5.14. The second-order valence-corrected chi connectivity index (χ2v) is 8.86. The highest BCUT2D eigenvalue weighted by atomic mass is 79.9. The molecule has 0 spiro atoms. The summed E-state index contributed by atoms with van der Waals surface area (Å²) in [6.07, 6.45) is 0.843. The van der Waals surface area contributed by atoms with Crippen LogP contribution in [0.2, 0.25) is 5.02 Å². The van der Waals surface area contributed by atoms with Gasteiger partial charge in [-0.2, -0.15) is 4.31 Å². The van der Waals surface area contributed by atoms with Gasteiger partial charge in [-0.15, -0.1) is 11.3 Å². The van der Waals surface area contributed by atoms with Crippen LogP contribution >= 0.6 is 38.9 Å². The van der Waals surface area contributed by atoms with Crippen molar-refractivity contribution in [1.29, 1.82) is 0 Å². The SMILES string of the molecule is CN(C1CCNC1)S(=O)(=O)c1cc(Cl)c(Br)s1. The third kappa shape index (κ3) is 2.69. The Hall–Kier alpha value is 0.340. The molecule has 0 saturated carbocycles. The summed E-state index contributed by atoms with van der Waals surface area (Å²) in [5, 5.41) is 3.59. The van der Waals surface area contributed by atoms with E-state index >= 15 is 0 Å². The molecule has 1 N–H and O–H groups in total. The summed E-state index contributed by atoms with van der Waals surface area (Å²) in [5.74, 6) is 0. The molecule has 4 nitrogen and oxygen atoms in total. The van der Waals surface area contributed by atoms with Crippen molar-refractivity contribution in [1.82, 2.24) is 9.62 Å². The Balaban J connectivity index is 2.29. The maximum absolute atomic E-state index is 12.3. The van der Waals surface area contributed by atoms with E-state index in [4.69, 9.17) is 11.6 Å². The van der Waals surface area contributed by atoms with Crippen LogP contribution < -0.4 is 5.32 Å². The minimum absolute atomic E-state index is 0.0275. The first-order chi connectivity index (χ1) is 7.93. The van der Waals surface area contributed by atoms with Crippen molar-refractivity contribution < 1.29 is 8.42 Å². The monoisotopic (exact) mass is 358 g/mol. The normalized spacial score (nSPS) is 21.3. The van der Waals surface area contributed by atoms with E-state index in [0.29, 0.717) is 15.4 Å². The molecule has 0 amide bonds. The van der Waals surface area contributed by atoms with Crippen LogP contribution in [0.25, 0.3) is 0 Å². The molecule has 0 aliphatic carbocycles. The molecule has 0 aromatic carbocycles. The maximum Gasteiger partial charge on any atom is 0.252 e. The molecular formula is C9H12BrClN2O2S2. The van der Waals surface area contributed by atoms with Crippen LogP contribution in [0.15, 0.2) is 14.1 Å². The average Bonchev–Trinajstić information content (AvgIpc) is 2.88. The van der Waals surface area contributed by atoms with E-state index in [1.165, 1.54) is 10.4 Å².